The molecule has 0 aliphatic carbocycles. The number of nitrogens with one attached hydrogen (secondary N) is 2. The average molecular weight is 564 g/mol. The van der Waals surface area contributed by atoms with Crippen LogP contribution in [0.3, 0.4) is 0 Å². The number of rotatable bonds is 13. The fourth-order valence-electron chi connectivity index (χ4n) is 4.86. The zero-order chi connectivity index (χ0) is 28.2. The van der Waals surface area contributed by atoms with E-state index in [1.165, 1.54) is 18.2 Å². The van der Waals surface area contributed by atoms with E-state index in [1.807, 2.05) is 10.9 Å². The minimum Gasteiger partial charge on any atom is -0.382 e. The molecule has 3 heterocycles. The first-order chi connectivity index (χ1) is 19.8. The van der Waals surface area contributed by atoms with Gasteiger partial charge in [-0.1, -0.05) is 79.5 Å². The van der Waals surface area contributed by atoms with E-state index in [0.29, 0.717) is 19.7 Å². The van der Waals surface area contributed by atoms with Crippen LogP contribution in [0.25, 0.3) is 11.2 Å². The van der Waals surface area contributed by atoms with E-state index < -0.39 is 0 Å². The van der Waals surface area contributed by atoms with Gasteiger partial charge in [0.2, 0.25) is 0 Å². The predicted octanol–water partition coefficient (Wildman–Crippen LogP) is 5.12. The third-order valence-electron chi connectivity index (χ3n) is 6.73. The Kier molecular flexibility index (Phi) is 11.7. The molecule has 1 fully saturated rings. The number of benzene rings is 2. The highest BCUT2D eigenvalue weighted by Gasteiger charge is 2.29. The Morgan fingerprint density at radius 3 is 2.40 bits per heavy atom. The van der Waals surface area contributed by atoms with Crippen molar-refractivity contribution in [3.63, 3.8) is 0 Å². The van der Waals surface area contributed by atoms with Gasteiger partial charge >= 0.3 is 0 Å². The molecule has 2 aromatic heterocycles. The molecular weight excluding hydrogens is 522 g/mol. The second kappa shape index (κ2) is 15.7. The number of nitrogens with two attached hydrogens (primary N) is 1. The lowest BCUT2D eigenvalue weighted by atomic mass is 9.91. The van der Waals surface area contributed by atoms with Gasteiger partial charge < -0.3 is 20.5 Å². The lowest BCUT2D eigenvalue weighted by molar-refractivity contribution is -0.0300. The van der Waals surface area contributed by atoms with E-state index in [9.17, 15) is 0 Å². The minimum absolute atomic E-state index is 0.0889. The quantitative estimate of drug-likeness (QED) is 0.151. The molecule has 9 nitrogen and oxygen atoms in total. The van der Waals surface area contributed by atoms with Crippen molar-refractivity contribution in [1.29, 1.82) is 0 Å². The summed E-state index contributed by atoms with van der Waals surface area (Å²) in [6.45, 7) is 4.01. The topological polar surface area (TPSA) is 112 Å². The molecule has 40 heavy (non-hydrogen) atoms. The van der Waals surface area contributed by atoms with Gasteiger partial charge in [-0.25, -0.2) is 15.0 Å². The van der Waals surface area contributed by atoms with E-state index in [-0.39, 0.29) is 18.2 Å². The Morgan fingerprint density at radius 1 is 1.05 bits per heavy atom. The molecule has 0 amide bonds. The summed E-state index contributed by atoms with van der Waals surface area (Å²) in [4.78, 5) is 14.6. The molecule has 0 saturated carbocycles. The second-order valence-corrected chi connectivity index (χ2v) is 10.5. The van der Waals surface area contributed by atoms with Crippen molar-refractivity contribution in [2.75, 3.05) is 38.4 Å². The normalized spacial score (nSPS) is 16.7. The molecule has 1 aliphatic heterocycles. The molecule has 0 radical (unpaired) electrons. The first-order valence-electron chi connectivity index (χ1n) is 13.9. The summed E-state index contributed by atoms with van der Waals surface area (Å²) in [5, 5.41) is 3.64. The van der Waals surface area contributed by atoms with Crippen molar-refractivity contribution in [3.05, 3.63) is 83.9 Å². The third kappa shape index (κ3) is 7.58. The molecule has 4 N–H and O–H groups in total. The summed E-state index contributed by atoms with van der Waals surface area (Å²) in [5.74, 6) is 2.68. The molecule has 2 aromatic carbocycles. The highest BCUT2D eigenvalue weighted by molar-refractivity contribution is 7.97. The summed E-state index contributed by atoms with van der Waals surface area (Å²) >= 11 is 1.70. The molecule has 1 aliphatic rings. The Morgan fingerprint density at radius 2 is 1.75 bits per heavy atom. The third-order valence-corrected chi connectivity index (χ3v) is 7.69. The first-order valence-corrected chi connectivity index (χ1v) is 14.9. The van der Waals surface area contributed by atoms with E-state index in [2.05, 4.69) is 83.4 Å². The number of ether oxygens (including phenoxy) is 2. The second-order valence-electron chi connectivity index (χ2n) is 9.48. The lowest BCUT2D eigenvalue weighted by Gasteiger charge is -2.20. The molecule has 0 bridgehead atoms. The predicted molar refractivity (Wildman–Crippen MR) is 163 cm³/mol. The Hall–Kier alpha value is -3.02. The monoisotopic (exact) mass is 563 g/mol. The minimum atomic E-state index is -0.112. The van der Waals surface area contributed by atoms with E-state index in [1.54, 1.807) is 19.1 Å². The zero-order valence-corrected chi connectivity index (χ0v) is 24.4. The maximum Gasteiger partial charge on any atom is 0.167 e. The maximum absolute atomic E-state index is 6.26. The summed E-state index contributed by atoms with van der Waals surface area (Å²) in [5.41, 5.74) is 8.55. The van der Waals surface area contributed by atoms with Gasteiger partial charge in [-0.3, -0.25) is 9.29 Å². The standard InChI is InChI=1S/C29H36N6O2S.CH5N/c1-3-16-38-32-18-25-33-28(27-29(34-25)35(20-31-27)26-15-14-23(37-26)19-36-2)30-17-24(21-10-6-4-7-11-21)22-12-8-5-9-13-22;1-2/h4-13,20,23-24,26,32H,3,14-19H2,1-2H3,(H,30,33,34);2H2,1H3. The van der Waals surface area contributed by atoms with Crippen LogP contribution in [-0.4, -0.2) is 58.7 Å². The highest BCUT2D eigenvalue weighted by atomic mass is 32.2. The first kappa shape index (κ1) is 30.0. The van der Waals surface area contributed by atoms with Crippen LogP contribution in [0.2, 0.25) is 0 Å². The molecular formula is C30H41N7O2S. The van der Waals surface area contributed by atoms with Crippen LogP contribution >= 0.6 is 11.9 Å². The van der Waals surface area contributed by atoms with Gasteiger partial charge in [0.1, 0.15) is 12.1 Å². The van der Waals surface area contributed by atoms with Crippen molar-refractivity contribution >= 4 is 28.9 Å². The lowest BCUT2D eigenvalue weighted by Crippen LogP contribution is -2.18. The Labute approximate surface area is 241 Å². The number of fused-ring (bicyclic) bond motifs is 1. The van der Waals surface area contributed by atoms with Crippen molar-refractivity contribution in [3.8, 4) is 0 Å². The van der Waals surface area contributed by atoms with Crippen molar-refractivity contribution < 1.29 is 9.47 Å². The number of methoxy groups -OCH3 is 1. The molecule has 10 heteroatoms. The van der Waals surface area contributed by atoms with Gasteiger partial charge in [0, 0.05) is 25.3 Å². The Balaban J connectivity index is 0.00000181. The molecule has 214 valence electrons. The van der Waals surface area contributed by atoms with Gasteiger partial charge in [0.25, 0.3) is 0 Å². The fraction of sp³-hybridized carbons (Fsp3) is 0.433. The van der Waals surface area contributed by atoms with Crippen molar-refractivity contribution in [2.24, 2.45) is 5.73 Å². The smallest absolute Gasteiger partial charge is 0.167 e. The van der Waals surface area contributed by atoms with Crippen molar-refractivity contribution in [1.82, 2.24) is 24.2 Å². The summed E-state index contributed by atoms with van der Waals surface area (Å²) in [6, 6.07) is 21.2. The Bertz CT molecular complexity index is 1250. The number of nitrogens with zero attached hydrogens (tertiary/aromatic N) is 4. The zero-order valence-electron chi connectivity index (χ0n) is 23.6. The number of hydrogen-bond acceptors (Lipinski definition) is 9. The molecule has 0 spiro atoms. The number of aromatic nitrogens is 4. The van der Waals surface area contributed by atoms with Crippen LogP contribution < -0.4 is 15.8 Å². The fourth-order valence-corrected chi connectivity index (χ4v) is 5.44. The summed E-state index contributed by atoms with van der Waals surface area (Å²) in [7, 11) is 3.21. The van der Waals surface area contributed by atoms with Crippen LogP contribution in [0, 0.1) is 0 Å². The van der Waals surface area contributed by atoms with Crippen LogP contribution in [0.15, 0.2) is 67.0 Å². The van der Waals surface area contributed by atoms with Crippen LogP contribution in [0.4, 0.5) is 5.82 Å². The maximum atomic E-state index is 6.26. The van der Waals surface area contributed by atoms with Gasteiger partial charge in [-0.15, -0.1) is 0 Å². The molecule has 2 atom stereocenters. The molecule has 1 saturated heterocycles. The summed E-state index contributed by atoms with van der Waals surface area (Å²) < 4.78 is 17.0. The highest BCUT2D eigenvalue weighted by Crippen LogP contribution is 2.32. The van der Waals surface area contributed by atoms with Crippen LogP contribution in [0.5, 0.6) is 0 Å². The van der Waals surface area contributed by atoms with Crippen LogP contribution in [-0.2, 0) is 16.0 Å². The summed E-state index contributed by atoms with van der Waals surface area (Å²) in [6.07, 6.45) is 4.77. The van der Waals surface area contributed by atoms with E-state index in [0.717, 1.165) is 47.8 Å². The van der Waals surface area contributed by atoms with Gasteiger partial charge in [-0.2, -0.15) is 0 Å². The molecule has 4 aromatic rings. The van der Waals surface area contributed by atoms with E-state index in [4.69, 9.17) is 24.4 Å². The van der Waals surface area contributed by atoms with Gasteiger partial charge in [-0.05, 0) is 37.4 Å². The number of hydrogen-bond donors (Lipinski definition) is 3. The molecule has 5 rings (SSSR count). The average Bonchev–Trinajstić information content (AvgIpc) is 3.65. The SMILES string of the molecule is CCCSNCc1nc(NCC(c2ccccc2)c2ccccc2)c2ncn(C3CCC(COC)O3)c2n1.CN. The van der Waals surface area contributed by atoms with Gasteiger partial charge in [0.15, 0.2) is 17.0 Å². The number of anilines is 1. The van der Waals surface area contributed by atoms with Crippen LogP contribution in [0.1, 0.15) is 55.3 Å². The van der Waals surface area contributed by atoms with Crippen molar-refractivity contribution in [2.45, 2.75) is 51.0 Å². The van der Waals surface area contributed by atoms with E-state index >= 15 is 0 Å². The molecule has 2 unspecified atom stereocenters. The van der Waals surface area contributed by atoms with Gasteiger partial charge in [0.05, 0.1) is 25.6 Å². The largest absolute Gasteiger partial charge is 0.382 e. The number of imidazole rings is 1.